The highest BCUT2D eigenvalue weighted by molar-refractivity contribution is 6.09. The van der Waals surface area contributed by atoms with Crippen LogP contribution in [0, 0.1) is 12.8 Å². The number of pyridine rings is 1. The second-order valence-corrected chi connectivity index (χ2v) is 9.47. The van der Waals surface area contributed by atoms with Crippen molar-refractivity contribution in [2.24, 2.45) is 5.92 Å². The molecule has 1 aliphatic rings. The Morgan fingerprint density at radius 2 is 1.92 bits per heavy atom. The molecular weight excluding hydrogens is 466 g/mol. The van der Waals surface area contributed by atoms with Crippen LogP contribution in [0.5, 0.6) is 0 Å². The van der Waals surface area contributed by atoms with Gasteiger partial charge in [0.2, 0.25) is 17.6 Å². The molecule has 9 heteroatoms. The van der Waals surface area contributed by atoms with Crippen molar-refractivity contribution in [3.63, 3.8) is 0 Å². The molecule has 1 fully saturated rings. The van der Waals surface area contributed by atoms with E-state index >= 15 is 0 Å². The number of carbonyl (C=O) groups is 2. The molecule has 4 heterocycles. The van der Waals surface area contributed by atoms with Gasteiger partial charge in [-0.15, -0.1) is 0 Å². The van der Waals surface area contributed by atoms with Crippen molar-refractivity contribution in [2.75, 3.05) is 30.4 Å². The van der Waals surface area contributed by atoms with E-state index in [9.17, 15) is 9.59 Å². The Morgan fingerprint density at radius 3 is 2.65 bits per heavy atom. The van der Waals surface area contributed by atoms with Crippen LogP contribution in [0.4, 0.5) is 11.8 Å². The van der Waals surface area contributed by atoms with Gasteiger partial charge in [-0.2, -0.15) is 0 Å². The summed E-state index contributed by atoms with van der Waals surface area (Å²) in [6.45, 7) is 7.67. The first-order valence-electron chi connectivity index (χ1n) is 12.2. The highest BCUT2D eigenvalue weighted by atomic mass is 16.2. The highest BCUT2D eigenvalue weighted by Crippen LogP contribution is 2.33. The molecule has 0 spiro atoms. The molecule has 5 rings (SSSR count). The number of nitrogens with two attached hydrogens (primary N) is 1. The van der Waals surface area contributed by atoms with Gasteiger partial charge in [0, 0.05) is 42.8 Å². The van der Waals surface area contributed by atoms with E-state index in [1.165, 1.54) is 0 Å². The van der Waals surface area contributed by atoms with Gasteiger partial charge in [0.15, 0.2) is 0 Å². The number of allylic oxidation sites excluding steroid dienone is 1. The number of benzene rings is 1. The average Bonchev–Trinajstić information content (AvgIpc) is 3.53. The summed E-state index contributed by atoms with van der Waals surface area (Å²) in [6, 6.07) is 10.9. The summed E-state index contributed by atoms with van der Waals surface area (Å²) in [5, 5.41) is 0. The van der Waals surface area contributed by atoms with E-state index in [4.69, 9.17) is 10.7 Å². The fourth-order valence-electron chi connectivity index (χ4n) is 4.49. The maximum absolute atomic E-state index is 13.0. The topological polar surface area (TPSA) is 110 Å². The van der Waals surface area contributed by atoms with Crippen LogP contribution in [-0.4, -0.2) is 55.7 Å². The number of nitrogen functional groups attached to an aromatic ring is 1. The Balaban J connectivity index is 1.49. The van der Waals surface area contributed by atoms with Crippen molar-refractivity contribution in [3.05, 3.63) is 84.0 Å². The van der Waals surface area contributed by atoms with E-state index in [2.05, 4.69) is 14.9 Å². The smallest absolute Gasteiger partial charge is 0.247 e. The Bertz CT molecular complexity index is 1510. The lowest BCUT2D eigenvalue weighted by molar-refractivity contribution is -0.124. The Morgan fingerprint density at radius 1 is 1.08 bits per heavy atom. The van der Waals surface area contributed by atoms with Crippen molar-refractivity contribution in [2.45, 2.75) is 20.8 Å². The molecule has 0 saturated carbocycles. The fourth-order valence-corrected chi connectivity index (χ4v) is 4.49. The van der Waals surface area contributed by atoms with Crippen LogP contribution in [0.15, 0.2) is 67.1 Å². The highest BCUT2D eigenvalue weighted by Gasteiger charge is 2.28. The van der Waals surface area contributed by atoms with E-state index in [1.807, 2.05) is 49.6 Å². The third-order valence-electron chi connectivity index (χ3n) is 6.41. The summed E-state index contributed by atoms with van der Waals surface area (Å²) in [6.07, 6.45) is 8.62. The van der Waals surface area contributed by atoms with E-state index in [0.29, 0.717) is 59.9 Å². The van der Waals surface area contributed by atoms with Gasteiger partial charge >= 0.3 is 0 Å². The fraction of sp³-hybridized carbons (Fsp3) is 0.250. The maximum atomic E-state index is 13.0. The van der Waals surface area contributed by atoms with Gasteiger partial charge in [0.25, 0.3) is 0 Å². The maximum Gasteiger partial charge on any atom is 0.247 e. The van der Waals surface area contributed by atoms with E-state index in [1.54, 1.807) is 47.6 Å². The summed E-state index contributed by atoms with van der Waals surface area (Å²) in [7, 11) is 0. The van der Waals surface area contributed by atoms with Crippen LogP contribution >= 0.6 is 0 Å². The van der Waals surface area contributed by atoms with Gasteiger partial charge in [0.05, 0.1) is 6.67 Å². The first-order chi connectivity index (χ1) is 17.8. The predicted octanol–water partition coefficient (Wildman–Crippen LogP) is 3.73. The zero-order chi connectivity index (χ0) is 26.1. The van der Waals surface area contributed by atoms with E-state index in [0.717, 1.165) is 11.1 Å². The molecule has 0 unspecified atom stereocenters. The third kappa shape index (κ3) is 4.67. The van der Waals surface area contributed by atoms with Crippen LogP contribution in [0.2, 0.25) is 0 Å². The van der Waals surface area contributed by atoms with Crippen molar-refractivity contribution in [1.29, 1.82) is 0 Å². The molecule has 1 amide bonds. The Kier molecular flexibility index (Phi) is 6.43. The number of imidazole rings is 1. The first-order valence-corrected chi connectivity index (χ1v) is 12.2. The largest absolute Gasteiger partial charge is 0.382 e. The standard InChI is InChI=1S/C28H29N7O2/c1-18(2)7-10-23(36)33-14-15-34(17-33)28-32-24(25-27(29)31-12-13-35(25)28)20-8-9-21(19(3)16-20)26(37)22-6-4-5-11-30-22/h4-13,16,18H,14-15,17H2,1-3H3,(H2,29,31)/b10-7+. The summed E-state index contributed by atoms with van der Waals surface area (Å²) in [5.74, 6) is 1.21. The number of amides is 1. The molecular formula is C28H29N7O2. The SMILES string of the molecule is Cc1cc(-c2nc(N3CCN(C(=O)/C=C/C(C)C)C3)n3ccnc(N)c23)ccc1C(=O)c1ccccn1. The van der Waals surface area contributed by atoms with Gasteiger partial charge in [-0.1, -0.05) is 38.1 Å². The number of fused-ring (bicyclic) bond motifs is 1. The lowest BCUT2D eigenvalue weighted by Gasteiger charge is -2.17. The molecule has 37 heavy (non-hydrogen) atoms. The molecule has 3 aromatic heterocycles. The quantitative estimate of drug-likeness (QED) is 0.321. The number of ketones is 1. The second kappa shape index (κ2) is 9.85. The minimum Gasteiger partial charge on any atom is -0.382 e. The molecule has 1 aromatic carbocycles. The van der Waals surface area contributed by atoms with E-state index in [-0.39, 0.29) is 11.7 Å². The van der Waals surface area contributed by atoms with Crippen LogP contribution < -0.4 is 10.6 Å². The summed E-state index contributed by atoms with van der Waals surface area (Å²) < 4.78 is 1.91. The van der Waals surface area contributed by atoms with E-state index < -0.39 is 0 Å². The van der Waals surface area contributed by atoms with Crippen molar-refractivity contribution >= 4 is 29.0 Å². The number of anilines is 2. The van der Waals surface area contributed by atoms with Gasteiger partial charge in [-0.3, -0.25) is 19.0 Å². The van der Waals surface area contributed by atoms with Crippen LogP contribution in [0.25, 0.3) is 16.8 Å². The summed E-state index contributed by atoms with van der Waals surface area (Å²) in [4.78, 5) is 42.9. The molecule has 0 radical (unpaired) electrons. The Labute approximate surface area is 215 Å². The minimum absolute atomic E-state index is 0.0118. The number of aryl methyl sites for hydroxylation is 1. The average molecular weight is 496 g/mol. The van der Waals surface area contributed by atoms with Crippen molar-refractivity contribution in [3.8, 4) is 11.3 Å². The normalized spacial score (nSPS) is 13.8. The molecule has 0 atom stereocenters. The number of rotatable bonds is 6. The molecule has 2 N–H and O–H groups in total. The first kappa shape index (κ1) is 24.2. The molecule has 188 valence electrons. The second-order valence-electron chi connectivity index (χ2n) is 9.47. The van der Waals surface area contributed by atoms with Crippen LogP contribution in [-0.2, 0) is 4.79 Å². The van der Waals surface area contributed by atoms with Crippen LogP contribution in [0.3, 0.4) is 0 Å². The number of carbonyl (C=O) groups excluding carboxylic acids is 2. The Hall–Kier alpha value is -4.53. The summed E-state index contributed by atoms with van der Waals surface area (Å²) >= 11 is 0. The predicted molar refractivity (Wildman–Crippen MR) is 143 cm³/mol. The number of hydrogen-bond donors (Lipinski definition) is 1. The van der Waals surface area contributed by atoms with Gasteiger partial charge in [-0.05, 0) is 42.7 Å². The molecule has 4 aromatic rings. The molecule has 0 bridgehead atoms. The monoisotopic (exact) mass is 495 g/mol. The van der Waals surface area contributed by atoms with Crippen molar-refractivity contribution < 1.29 is 9.59 Å². The third-order valence-corrected chi connectivity index (χ3v) is 6.41. The van der Waals surface area contributed by atoms with Crippen molar-refractivity contribution in [1.82, 2.24) is 24.3 Å². The molecule has 1 saturated heterocycles. The zero-order valence-corrected chi connectivity index (χ0v) is 21.1. The number of hydrogen-bond acceptors (Lipinski definition) is 7. The molecule has 1 aliphatic heterocycles. The van der Waals surface area contributed by atoms with Gasteiger partial charge in [0.1, 0.15) is 22.7 Å². The lowest BCUT2D eigenvalue weighted by Crippen LogP contribution is -2.30. The van der Waals surface area contributed by atoms with Gasteiger partial charge in [-0.25, -0.2) is 9.97 Å². The number of nitrogens with zero attached hydrogens (tertiary/aromatic N) is 6. The summed E-state index contributed by atoms with van der Waals surface area (Å²) in [5.41, 5.74) is 10.3. The number of aromatic nitrogens is 4. The molecule has 0 aliphatic carbocycles. The zero-order valence-electron chi connectivity index (χ0n) is 21.1. The minimum atomic E-state index is -0.130. The van der Waals surface area contributed by atoms with Crippen LogP contribution in [0.1, 0.15) is 35.5 Å². The van der Waals surface area contributed by atoms with Gasteiger partial charge < -0.3 is 15.5 Å². The molecule has 9 nitrogen and oxygen atoms in total. The lowest BCUT2D eigenvalue weighted by atomic mass is 9.98.